The van der Waals surface area contributed by atoms with Crippen LogP contribution in [-0.2, 0) is 6.54 Å². The number of para-hydroxylation sites is 2. The number of imidazole rings is 1. The van der Waals surface area contributed by atoms with Gasteiger partial charge in [-0.25, -0.2) is 4.98 Å². The Morgan fingerprint density at radius 3 is 2.77 bits per heavy atom. The zero-order valence-corrected chi connectivity index (χ0v) is 14.1. The van der Waals surface area contributed by atoms with Gasteiger partial charge in [-0.15, -0.1) is 0 Å². The molecule has 1 heterocycles. The number of hydrogen-bond donors (Lipinski definition) is 2. The van der Waals surface area contributed by atoms with E-state index in [4.69, 9.17) is 0 Å². The van der Waals surface area contributed by atoms with Gasteiger partial charge >= 0.3 is 0 Å². The maximum atomic E-state index is 4.60. The quantitative estimate of drug-likeness (QED) is 0.637. The number of aryl methyl sites for hydroxylation is 1. The number of nitrogens with one attached hydrogen (secondary N) is 2. The minimum Gasteiger partial charge on any atom is -0.357 e. The van der Waals surface area contributed by atoms with E-state index in [1.54, 1.807) is 0 Å². The van der Waals surface area contributed by atoms with Crippen molar-refractivity contribution in [3.8, 4) is 0 Å². The van der Waals surface area contributed by atoms with Gasteiger partial charge in [0.2, 0.25) is 0 Å². The maximum Gasteiger partial charge on any atom is 0.191 e. The van der Waals surface area contributed by atoms with E-state index in [1.807, 2.05) is 6.07 Å². The summed E-state index contributed by atoms with van der Waals surface area (Å²) in [5.74, 6) is 2.50. The second-order valence-corrected chi connectivity index (χ2v) is 5.84. The largest absolute Gasteiger partial charge is 0.357 e. The summed E-state index contributed by atoms with van der Waals surface area (Å²) in [5.41, 5.74) is 2.24. The van der Waals surface area contributed by atoms with Gasteiger partial charge in [0.1, 0.15) is 5.82 Å². The van der Waals surface area contributed by atoms with Gasteiger partial charge in [0.05, 0.1) is 11.0 Å². The fourth-order valence-electron chi connectivity index (χ4n) is 2.38. The highest BCUT2D eigenvalue weighted by molar-refractivity contribution is 5.79. The number of aromatic nitrogens is 2. The highest BCUT2D eigenvalue weighted by atomic mass is 15.2. The lowest BCUT2D eigenvalue weighted by Gasteiger charge is -2.13. The molecular weight excluding hydrogens is 274 g/mol. The molecule has 1 aromatic carbocycles. The molecule has 0 atom stereocenters. The lowest BCUT2D eigenvalue weighted by molar-refractivity contribution is 0.640. The summed E-state index contributed by atoms with van der Waals surface area (Å²) in [7, 11) is 0. The standard InChI is InChI=1S/C17H27N5/c1-5-18-17(20-12-13(2)3)19-10-11-22-14(4)21-15-8-6-7-9-16(15)22/h6-9,13H,5,10-12H2,1-4H3,(H2,18,19,20). The molecule has 5 nitrogen and oxygen atoms in total. The first-order valence-electron chi connectivity index (χ1n) is 8.06. The van der Waals surface area contributed by atoms with Crippen LogP contribution in [0.4, 0.5) is 0 Å². The fraction of sp³-hybridized carbons (Fsp3) is 0.529. The second-order valence-electron chi connectivity index (χ2n) is 5.84. The van der Waals surface area contributed by atoms with Crippen molar-refractivity contribution in [2.45, 2.75) is 34.2 Å². The maximum absolute atomic E-state index is 4.60. The fourth-order valence-corrected chi connectivity index (χ4v) is 2.38. The van der Waals surface area contributed by atoms with E-state index in [0.29, 0.717) is 5.92 Å². The van der Waals surface area contributed by atoms with E-state index in [9.17, 15) is 0 Å². The molecule has 0 aliphatic heterocycles. The van der Waals surface area contributed by atoms with E-state index in [2.05, 4.69) is 71.1 Å². The Hall–Kier alpha value is -2.04. The molecule has 0 amide bonds. The van der Waals surface area contributed by atoms with E-state index in [0.717, 1.165) is 43.5 Å². The molecule has 22 heavy (non-hydrogen) atoms. The van der Waals surface area contributed by atoms with Gasteiger partial charge in [0.15, 0.2) is 5.96 Å². The second kappa shape index (κ2) is 7.82. The number of aliphatic imine (C=N–C) groups is 1. The van der Waals surface area contributed by atoms with Crippen molar-refractivity contribution < 1.29 is 0 Å². The molecule has 0 bridgehead atoms. The molecule has 0 spiro atoms. The Bertz CT molecular complexity index is 627. The summed E-state index contributed by atoms with van der Waals surface area (Å²) < 4.78 is 2.24. The van der Waals surface area contributed by atoms with Crippen molar-refractivity contribution in [3.63, 3.8) is 0 Å². The smallest absolute Gasteiger partial charge is 0.191 e. The number of rotatable bonds is 6. The number of guanidine groups is 1. The van der Waals surface area contributed by atoms with Crippen LogP contribution in [0.1, 0.15) is 26.6 Å². The predicted octanol–water partition coefficient (Wildman–Crippen LogP) is 2.56. The van der Waals surface area contributed by atoms with Crippen LogP contribution in [0.3, 0.4) is 0 Å². The molecule has 0 saturated heterocycles. The van der Waals surface area contributed by atoms with Crippen LogP contribution in [0.25, 0.3) is 11.0 Å². The monoisotopic (exact) mass is 301 g/mol. The Morgan fingerprint density at radius 2 is 2.05 bits per heavy atom. The molecule has 2 N–H and O–H groups in total. The third kappa shape index (κ3) is 4.23. The Balaban J connectivity index is 1.99. The zero-order valence-electron chi connectivity index (χ0n) is 14.1. The molecule has 1 aromatic heterocycles. The lowest BCUT2D eigenvalue weighted by Crippen LogP contribution is -2.39. The number of fused-ring (bicyclic) bond motifs is 1. The molecule has 0 fully saturated rings. The summed E-state index contributed by atoms with van der Waals surface area (Å²) in [5, 5.41) is 6.68. The van der Waals surface area contributed by atoms with Crippen molar-refractivity contribution in [2.24, 2.45) is 10.9 Å². The van der Waals surface area contributed by atoms with Gasteiger partial charge in [0.25, 0.3) is 0 Å². The summed E-state index contributed by atoms with van der Waals surface area (Å²) >= 11 is 0. The molecule has 0 aliphatic rings. The zero-order chi connectivity index (χ0) is 15.9. The minimum atomic E-state index is 0.565. The van der Waals surface area contributed by atoms with E-state index in [1.165, 1.54) is 5.52 Å². The van der Waals surface area contributed by atoms with Gasteiger partial charge in [-0.05, 0) is 31.9 Å². The number of hydrogen-bond acceptors (Lipinski definition) is 2. The van der Waals surface area contributed by atoms with Crippen molar-refractivity contribution >= 4 is 17.0 Å². The average Bonchev–Trinajstić information content (AvgIpc) is 2.80. The van der Waals surface area contributed by atoms with E-state index >= 15 is 0 Å². The van der Waals surface area contributed by atoms with Crippen LogP contribution in [0, 0.1) is 12.8 Å². The van der Waals surface area contributed by atoms with Gasteiger partial charge in [-0.1, -0.05) is 26.0 Å². The summed E-state index contributed by atoms with van der Waals surface area (Å²) in [6.07, 6.45) is 0. The minimum absolute atomic E-state index is 0.565. The predicted molar refractivity (Wildman–Crippen MR) is 93.3 cm³/mol. The summed E-state index contributed by atoms with van der Waals surface area (Å²) in [6.45, 7) is 11.9. The van der Waals surface area contributed by atoms with E-state index in [-0.39, 0.29) is 0 Å². The molecule has 0 aliphatic carbocycles. The first-order valence-corrected chi connectivity index (χ1v) is 8.06. The number of benzene rings is 1. The van der Waals surface area contributed by atoms with Crippen molar-refractivity contribution in [1.29, 1.82) is 0 Å². The highest BCUT2D eigenvalue weighted by Crippen LogP contribution is 2.14. The summed E-state index contributed by atoms with van der Waals surface area (Å²) in [6, 6.07) is 8.26. The first kappa shape index (κ1) is 16.3. The van der Waals surface area contributed by atoms with Gasteiger partial charge in [0, 0.05) is 26.2 Å². The molecular formula is C17H27N5. The highest BCUT2D eigenvalue weighted by Gasteiger charge is 2.06. The normalized spacial score (nSPS) is 12.1. The Labute approximate surface area is 132 Å². The van der Waals surface area contributed by atoms with Crippen molar-refractivity contribution in [1.82, 2.24) is 20.2 Å². The SMILES string of the molecule is CCNC(=NCC(C)C)NCCn1c(C)nc2ccccc21. The lowest BCUT2D eigenvalue weighted by atomic mass is 10.2. The van der Waals surface area contributed by atoms with Crippen LogP contribution in [0.2, 0.25) is 0 Å². The van der Waals surface area contributed by atoms with Crippen LogP contribution in [0.5, 0.6) is 0 Å². The third-order valence-corrected chi connectivity index (χ3v) is 3.43. The molecule has 120 valence electrons. The van der Waals surface area contributed by atoms with Gasteiger partial charge in [-0.2, -0.15) is 0 Å². The van der Waals surface area contributed by atoms with Crippen LogP contribution >= 0.6 is 0 Å². The van der Waals surface area contributed by atoms with Gasteiger partial charge in [-0.3, -0.25) is 4.99 Å². The molecule has 5 heteroatoms. The van der Waals surface area contributed by atoms with Crippen LogP contribution in [-0.4, -0.2) is 35.1 Å². The number of nitrogens with zero attached hydrogens (tertiary/aromatic N) is 3. The molecule has 0 unspecified atom stereocenters. The first-order chi connectivity index (χ1) is 10.6. The summed E-state index contributed by atoms with van der Waals surface area (Å²) in [4.78, 5) is 9.18. The van der Waals surface area contributed by atoms with E-state index < -0.39 is 0 Å². The van der Waals surface area contributed by atoms with Gasteiger partial charge < -0.3 is 15.2 Å². The van der Waals surface area contributed by atoms with Crippen molar-refractivity contribution in [3.05, 3.63) is 30.1 Å². The Morgan fingerprint density at radius 1 is 1.27 bits per heavy atom. The average molecular weight is 301 g/mol. The molecule has 0 saturated carbocycles. The molecule has 0 radical (unpaired) electrons. The Kier molecular flexibility index (Phi) is 5.81. The topological polar surface area (TPSA) is 54.2 Å². The van der Waals surface area contributed by atoms with Crippen LogP contribution < -0.4 is 10.6 Å². The third-order valence-electron chi connectivity index (χ3n) is 3.43. The molecule has 2 aromatic rings. The van der Waals surface area contributed by atoms with Crippen molar-refractivity contribution in [2.75, 3.05) is 19.6 Å². The molecule has 2 rings (SSSR count). The van der Waals surface area contributed by atoms with Crippen LogP contribution in [0.15, 0.2) is 29.3 Å².